The van der Waals surface area contributed by atoms with Crippen LogP contribution in [-0.4, -0.2) is 33.3 Å². The number of aryl methyl sites for hydroxylation is 2. The Hall–Kier alpha value is -3.55. The standard InChI is InChI=1S/C23H27N7O/c1-13-10-21(27-22-12-20(29-30-22)15-4-5-15)28-23(24-13)25-17-7-9-19-16(11-17)6-8-18(26-19)14(2)31-3/h7,9-12,15,18,26H,2,4-6,8H2,1,3H3,(H3,24,25,27,28,29,30). The number of hydrogen-bond acceptors (Lipinski definition) is 7. The summed E-state index contributed by atoms with van der Waals surface area (Å²) in [4.78, 5) is 9.16. The summed E-state index contributed by atoms with van der Waals surface area (Å²) in [6.45, 7) is 5.93. The fourth-order valence-electron chi connectivity index (χ4n) is 3.92. The van der Waals surface area contributed by atoms with E-state index in [-0.39, 0.29) is 6.04 Å². The molecule has 31 heavy (non-hydrogen) atoms. The maximum atomic E-state index is 5.29. The highest BCUT2D eigenvalue weighted by Gasteiger charge is 2.25. The smallest absolute Gasteiger partial charge is 0.229 e. The summed E-state index contributed by atoms with van der Waals surface area (Å²) in [5.41, 5.74) is 5.37. The molecule has 0 radical (unpaired) electrons. The van der Waals surface area contributed by atoms with Crippen LogP contribution in [0, 0.1) is 6.92 Å². The van der Waals surface area contributed by atoms with Gasteiger partial charge in [0.15, 0.2) is 5.82 Å². The molecule has 1 fully saturated rings. The molecule has 0 amide bonds. The normalized spacial score (nSPS) is 17.4. The molecular formula is C23H27N7O. The van der Waals surface area contributed by atoms with Crippen LogP contribution in [0.2, 0.25) is 0 Å². The summed E-state index contributed by atoms with van der Waals surface area (Å²) in [5, 5.41) is 17.6. The highest BCUT2D eigenvalue weighted by Crippen LogP contribution is 2.39. The van der Waals surface area contributed by atoms with E-state index in [0.29, 0.717) is 17.7 Å². The van der Waals surface area contributed by atoms with Crippen LogP contribution in [0.4, 0.5) is 29.0 Å². The number of rotatable bonds is 7. The van der Waals surface area contributed by atoms with Gasteiger partial charge in [-0.15, -0.1) is 0 Å². The van der Waals surface area contributed by atoms with Gasteiger partial charge >= 0.3 is 0 Å². The zero-order valence-electron chi connectivity index (χ0n) is 17.8. The Labute approximate surface area is 181 Å². The van der Waals surface area contributed by atoms with Gasteiger partial charge in [0, 0.05) is 40.8 Å². The number of aromatic nitrogens is 4. The van der Waals surface area contributed by atoms with Crippen LogP contribution in [0.3, 0.4) is 0 Å². The molecule has 0 saturated heterocycles. The summed E-state index contributed by atoms with van der Waals surface area (Å²) in [6.07, 6.45) is 4.38. The van der Waals surface area contributed by atoms with Crippen LogP contribution in [0.5, 0.6) is 0 Å². The van der Waals surface area contributed by atoms with Crippen LogP contribution in [0.15, 0.2) is 42.7 Å². The fourth-order valence-corrected chi connectivity index (χ4v) is 3.92. The molecule has 3 heterocycles. The van der Waals surface area contributed by atoms with Crippen LogP contribution < -0.4 is 16.0 Å². The first-order valence-corrected chi connectivity index (χ1v) is 10.6. The SMILES string of the molecule is C=C(OC)C1CCc2cc(Nc3nc(C)cc(Nc4cc(C5CC5)[nH]n4)n3)ccc2N1. The van der Waals surface area contributed by atoms with Gasteiger partial charge in [-0.2, -0.15) is 10.1 Å². The molecule has 2 aliphatic rings. The van der Waals surface area contributed by atoms with E-state index in [4.69, 9.17) is 4.74 Å². The predicted molar refractivity (Wildman–Crippen MR) is 122 cm³/mol. The number of methoxy groups -OCH3 is 1. The summed E-state index contributed by atoms with van der Waals surface area (Å²) < 4.78 is 5.29. The number of benzene rings is 1. The molecule has 8 nitrogen and oxygen atoms in total. The van der Waals surface area contributed by atoms with Gasteiger partial charge in [0.05, 0.1) is 13.2 Å². The Morgan fingerprint density at radius 2 is 1.97 bits per heavy atom. The molecule has 1 unspecified atom stereocenters. The van der Waals surface area contributed by atoms with Crippen LogP contribution in [0.25, 0.3) is 0 Å². The van der Waals surface area contributed by atoms with Gasteiger partial charge in [-0.05, 0) is 56.4 Å². The van der Waals surface area contributed by atoms with Crippen molar-refractivity contribution in [3.05, 3.63) is 59.6 Å². The number of nitrogens with one attached hydrogen (secondary N) is 4. The zero-order chi connectivity index (χ0) is 21.4. The Balaban J connectivity index is 1.30. The Kier molecular flexibility index (Phi) is 4.97. The monoisotopic (exact) mass is 417 g/mol. The molecule has 0 spiro atoms. The van der Waals surface area contributed by atoms with Crippen molar-refractivity contribution in [1.29, 1.82) is 0 Å². The van der Waals surface area contributed by atoms with E-state index in [9.17, 15) is 0 Å². The third-order valence-electron chi connectivity index (χ3n) is 5.77. The van der Waals surface area contributed by atoms with Crippen LogP contribution in [0.1, 0.15) is 42.1 Å². The average molecular weight is 418 g/mol. The van der Waals surface area contributed by atoms with E-state index in [1.165, 1.54) is 24.1 Å². The number of H-pyrrole nitrogens is 1. The van der Waals surface area contributed by atoms with Crippen LogP contribution in [-0.2, 0) is 11.2 Å². The van der Waals surface area contributed by atoms with Gasteiger partial charge in [0.1, 0.15) is 11.6 Å². The largest absolute Gasteiger partial charge is 0.500 e. The molecule has 1 saturated carbocycles. The Morgan fingerprint density at radius 3 is 2.77 bits per heavy atom. The van der Waals surface area contributed by atoms with Gasteiger partial charge in [-0.3, -0.25) is 5.10 Å². The first-order chi connectivity index (χ1) is 15.1. The predicted octanol–water partition coefficient (Wildman–Crippen LogP) is 4.76. The van der Waals surface area contributed by atoms with E-state index in [0.717, 1.165) is 41.5 Å². The van der Waals surface area contributed by atoms with Crippen molar-refractivity contribution < 1.29 is 4.74 Å². The third kappa shape index (κ3) is 4.33. The third-order valence-corrected chi connectivity index (χ3v) is 5.77. The molecule has 2 aromatic heterocycles. The number of nitrogens with zero attached hydrogens (tertiary/aromatic N) is 3. The quantitative estimate of drug-likeness (QED) is 0.411. The Bertz CT molecular complexity index is 1120. The number of fused-ring (bicyclic) bond motifs is 1. The number of hydrogen-bond donors (Lipinski definition) is 4. The number of ether oxygens (including phenoxy) is 1. The van der Waals surface area contributed by atoms with Gasteiger partial charge in [-0.25, -0.2) is 4.98 Å². The molecule has 1 aromatic carbocycles. The molecule has 3 aromatic rings. The maximum Gasteiger partial charge on any atom is 0.229 e. The Morgan fingerprint density at radius 1 is 1.10 bits per heavy atom. The van der Waals surface area contributed by atoms with E-state index >= 15 is 0 Å². The van der Waals surface area contributed by atoms with Crippen molar-refractivity contribution in [3.63, 3.8) is 0 Å². The summed E-state index contributed by atoms with van der Waals surface area (Å²) in [5.74, 6) is 3.44. The van der Waals surface area contributed by atoms with Crippen molar-refractivity contribution in [2.24, 2.45) is 0 Å². The van der Waals surface area contributed by atoms with Crippen molar-refractivity contribution >= 4 is 29.0 Å². The van der Waals surface area contributed by atoms with Crippen molar-refractivity contribution in [3.8, 4) is 0 Å². The topological polar surface area (TPSA) is 99.8 Å². The first-order valence-electron chi connectivity index (χ1n) is 10.6. The van der Waals surface area contributed by atoms with Crippen LogP contribution >= 0.6 is 0 Å². The lowest BCUT2D eigenvalue weighted by Gasteiger charge is -2.28. The molecule has 0 bridgehead atoms. The number of aromatic amines is 1. The van der Waals surface area contributed by atoms with Gasteiger partial charge < -0.3 is 20.7 Å². The minimum absolute atomic E-state index is 0.146. The second-order valence-corrected chi connectivity index (χ2v) is 8.23. The van der Waals surface area contributed by atoms with E-state index in [2.05, 4.69) is 60.9 Å². The average Bonchev–Trinajstić information content (AvgIpc) is 3.51. The van der Waals surface area contributed by atoms with Gasteiger partial charge in [0.2, 0.25) is 5.95 Å². The second-order valence-electron chi connectivity index (χ2n) is 8.23. The fraction of sp³-hybridized carbons (Fsp3) is 0.348. The molecule has 4 N–H and O–H groups in total. The van der Waals surface area contributed by atoms with Crippen molar-refractivity contribution in [1.82, 2.24) is 20.2 Å². The molecular weight excluding hydrogens is 390 g/mol. The highest BCUT2D eigenvalue weighted by molar-refractivity contribution is 5.65. The minimum atomic E-state index is 0.146. The molecule has 1 aliphatic carbocycles. The molecule has 1 aliphatic heterocycles. The summed E-state index contributed by atoms with van der Waals surface area (Å²) in [7, 11) is 1.66. The lowest BCUT2D eigenvalue weighted by molar-refractivity contribution is 0.267. The molecule has 160 valence electrons. The molecule has 8 heteroatoms. The van der Waals surface area contributed by atoms with Crippen molar-refractivity contribution in [2.75, 3.05) is 23.1 Å². The van der Waals surface area contributed by atoms with Gasteiger partial charge in [-0.1, -0.05) is 6.58 Å². The molecule has 5 rings (SSSR count). The maximum absolute atomic E-state index is 5.29. The second kappa shape index (κ2) is 7.94. The van der Waals surface area contributed by atoms with E-state index in [1.54, 1.807) is 7.11 Å². The van der Waals surface area contributed by atoms with E-state index < -0.39 is 0 Å². The lowest BCUT2D eigenvalue weighted by atomic mass is 9.97. The lowest BCUT2D eigenvalue weighted by Crippen LogP contribution is -2.27. The highest BCUT2D eigenvalue weighted by atomic mass is 16.5. The summed E-state index contributed by atoms with van der Waals surface area (Å²) >= 11 is 0. The zero-order valence-corrected chi connectivity index (χ0v) is 17.8. The number of anilines is 5. The first kappa shape index (κ1) is 19.4. The van der Waals surface area contributed by atoms with E-state index in [1.807, 2.05) is 19.1 Å². The van der Waals surface area contributed by atoms with Crippen molar-refractivity contribution in [2.45, 2.75) is 44.6 Å². The minimum Gasteiger partial charge on any atom is -0.500 e. The van der Waals surface area contributed by atoms with Gasteiger partial charge in [0.25, 0.3) is 0 Å². The summed E-state index contributed by atoms with van der Waals surface area (Å²) in [6, 6.07) is 10.4. The molecule has 1 atom stereocenters.